The number of benzene rings is 1. The molecule has 5 heteroatoms. The fourth-order valence-corrected chi connectivity index (χ4v) is 1.54. The zero-order valence-electron chi connectivity index (χ0n) is 10.6. The van der Waals surface area contributed by atoms with Crippen molar-refractivity contribution in [3.8, 4) is 5.75 Å². The van der Waals surface area contributed by atoms with Gasteiger partial charge in [0, 0.05) is 12.6 Å². The number of ether oxygens (including phenoxy) is 1. The summed E-state index contributed by atoms with van der Waals surface area (Å²) in [6.07, 6.45) is 0. The lowest BCUT2D eigenvalue weighted by molar-refractivity contribution is -0.135. The van der Waals surface area contributed by atoms with Crippen LogP contribution in [0.3, 0.4) is 0 Å². The van der Waals surface area contributed by atoms with E-state index in [1.807, 2.05) is 13.8 Å². The molecule has 100 valence electrons. The minimum absolute atomic E-state index is 0.00136. The molecule has 1 amide bonds. The number of aliphatic hydroxyl groups is 1. The Labute approximate surface area is 106 Å². The Balaban J connectivity index is 2.51. The molecule has 0 aliphatic heterocycles. The summed E-state index contributed by atoms with van der Waals surface area (Å²) in [6.45, 7) is 3.81. The lowest BCUT2D eigenvalue weighted by Gasteiger charge is -2.25. The number of hydrogen-bond acceptors (Lipinski definition) is 3. The number of rotatable bonds is 6. The van der Waals surface area contributed by atoms with E-state index >= 15 is 0 Å². The number of hydrogen-bond donors (Lipinski definition) is 1. The van der Waals surface area contributed by atoms with Crippen molar-refractivity contribution in [2.24, 2.45) is 0 Å². The van der Waals surface area contributed by atoms with Gasteiger partial charge < -0.3 is 14.7 Å². The van der Waals surface area contributed by atoms with Crippen LogP contribution in [0.15, 0.2) is 24.3 Å². The lowest BCUT2D eigenvalue weighted by atomic mass is 10.3. The van der Waals surface area contributed by atoms with Gasteiger partial charge in [0.1, 0.15) is 11.6 Å². The molecule has 0 saturated heterocycles. The quantitative estimate of drug-likeness (QED) is 0.836. The van der Waals surface area contributed by atoms with Crippen LogP contribution in [0.5, 0.6) is 5.75 Å². The van der Waals surface area contributed by atoms with E-state index in [1.165, 1.54) is 29.2 Å². The highest BCUT2D eigenvalue weighted by molar-refractivity contribution is 5.78. The van der Waals surface area contributed by atoms with Crippen LogP contribution in [0.1, 0.15) is 13.8 Å². The maximum atomic E-state index is 12.7. The fraction of sp³-hybridized carbons (Fsp3) is 0.462. The first-order valence-electron chi connectivity index (χ1n) is 5.83. The topological polar surface area (TPSA) is 49.8 Å². The second-order valence-electron chi connectivity index (χ2n) is 4.15. The molecule has 1 rings (SSSR count). The lowest BCUT2D eigenvalue weighted by Crippen LogP contribution is -2.41. The standard InChI is InChI=1S/C13H18FNO3/c1-10(2)15(7-8-16)13(17)9-18-12-5-3-11(14)4-6-12/h3-6,10,16H,7-9H2,1-2H3. The summed E-state index contributed by atoms with van der Waals surface area (Å²) in [5.74, 6) is -0.112. The Hall–Kier alpha value is -1.62. The molecular weight excluding hydrogens is 237 g/mol. The maximum absolute atomic E-state index is 12.7. The zero-order chi connectivity index (χ0) is 13.5. The summed E-state index contributed by atoms with van der Waals surface area (Å²) in [4.78, 5) is 13.4. The number of halogens is 1. The highest BCUT2D eigenvalue weighted by atomic mass is 19.1. The Morgan fingerprint density at radius 1 is 1.39 bits per heavy atom. The minimum atomic E-state index is -0.349. The smallest absolute Gasteiger partial charge is 0.260 e. The van der Waals surface area contributed by atoms with Crippen LogP contribution in [0, 0.1) is 5.82 Å². The third-order valence-electron chi connectivity index (χ3n) is 2.46. The first-order valence-corrected chi connectivity index (χ1v) is 5.83. The minimum Gasteiger partial charge on any atom is -0.484 e. The van der Waals surface area contributed by atoms with Crippen LogP contribution in [-0.4, -0.2) is 41.7 Å². The van der Waals surface area contributed by atoms with Crippen molar-refractivity contribution in [3.63, 3.8) is 0 Å². The number of carbonyl (C=O) groups excluding carboxylic acids is 1. The van der Waals surface area contributed by atoms with Crippen molar-refractivity contribution in [1.29, 1.82) is 0 Å². The molecule has 0 radical (unpaired) electrons. The van der Waals surface area contributed by atoms with Crippen molar-refractivity contribution < 1.29 is 19.0 Å². The predicted molar refractivity (Wildman–Crippen MR) is 65.8 cm³/mol. The number of carbonyl (C=O) groups is 1. The molecule has 0 unspecified atom stereocenters. The van der Waals surface area contributed by atoms with Crippen LogP contribution in [0.25, 0.3) is 0 Å². The zero-order valence-corrected chi connectivity index (χ0v) is 10.6. The van der Waals surface area contributed by atoms with Gasteiger partial charge in [-0.1, -0.05) is 0 Å². The third-order valence-corrected chi connectivity index (χ3v) is 2.46. The molecule has 0 aromatic heterocycles. The fourth-order valence-electron chi connectivity index (χ4n) is 1.54. The SMILES string of the molecule is CC(C)N(CCO)C(=O)COc1ccc(F)cc1. The molecule has 0 spiro atoms. The van der Waals surface area contributed by atoms with Crippen LogP contribution in [0.4, 0.5) is 4.39 Å². The van der Waals surface area contributed by atoms with Gasteiger partial charge in [0.2, 0.25) is 0 Å². The number of nitrogens with zero attached hydrogens (tertiary/aromatic N) is 1. The molecule has 4 nitrogen and oxygen atoms in total. The van der Waals surface area contributed by atoms with Crippen molar-refractivity contribution in [3.05, 3.63) is 30.1 Å². The van der Waals surface area contributed by atoms with Gasteiger partial charge in [-0.15, -0.1) is 0 Å². The summed E-state index contributed by atoms with van der Waals surface area (Å²) in [5, 5.41) is 8.87. The van der Waals surface area contributed by atoms with Gasteiger partial charge in [0.25, 0.3) is 5.91 Å². The van der Waals surface area contributed by atoms with Crippen LogP contribution >= 0.6 is 0 Å². The van der Waals surface area contributed by atoms with Crippen molar-refractivity contribution in [2.45, 2.75) is 19.9 Å². The second kappa shape index (κ2) is 6.96. The van der Waals surface area contributed by atoms with Crippen LogP contribution in [0.2, 0.25) is 0 Å². The van der Waals surface area contributed by atoms with Crippen molar-refractivity contribution in [2.75, 3.05) is 19.8 Å². The summed E-state index contributed by atoms with van der Waals surface area (Å²) in [6, 6.07) is 5.48. The average Bonchev–Trinajstić information content (AvgIpc) is 2.34. The monoisotopic (exact) mass is 255 g/mol. The van der Waals surface area contributed by atoms with Crippen molar-refractivity contribution in [1.82, 2.24) is 4.90 Å². The molecule has 1 aromatic rings. The van der Waals surface area contributed by atoms with Gasteiger partial charge in [-0.3, -0.25) is 4.79 Å². The molecule has 18 heavy (non-hydrogen) atoms. The van der Waals surface area contributed by atoms with E-state index in [9.17, 15) is 9.18 Å². The van der Waals surface area contributed by atoms with Crippen LogP contribution in [-0.2, 0) is 4.79 Å². The van der Waals surface area contributed by atoms with Gasteiger partial charge in [0.15, 0.2) is 6.61 Å². The van der Waals surface area contributed by atoms with Crippen LogP contribution < -0.4 is 4.74 Å². The molecule has 0 atom stereocenters. The van der Waals surface area contributed by atoms with Gasteiger partial charge in [-0.2, -0.15) is 0 Å². The molecule has 0 saturated carbocycles. The first-order chi connectivity index (χ1) is 8.54. The van der Waals surface area contributed by atoms with Crippen molar-refractivity contribution >= 4 is 5.91 Å². The van der Waals surface area contributed by atoms with E-state index in [0.717, 1.165) is 0 Å². The highest BCUT2D eigenvalue weighted by Crippen LogP contribution is 2.11. The summed E-state index contributed by atoms with van der Waals surface area (Å²) < 4.78 is 17.9. The number of amides is 1. The maximum Gasteiger partial charge on any atom is 0.260 e. The van der Waals surface area contributed by atoms with Gasteiger partial charge in [-0.05, 0) is 38.1 Å². The Kier molecular flexibility index (Phi) is 5.58. The molecule has 1 aromatic carbocycles. The Morgan fingerprint density at radius 2 is 2.00 bits per heavy atom. The molecule has 0 aliphatic rings. The van der Waals surface area contributed by atoms with Gasteiger partial charge >= 0.3 is 0 Å². The predicted octanol–water partition coefficient (Wildman–Crippen LogP) is 1.43. The molecule has 0 bridgehead atoms. The average molecular weight is 255 g/mol. The highest BCUT2D eigenvalue weighted by Gasteiger charge is 2.16. The van der Waals surface area contributed by atoms with Gasteiger partial charge in [0.05, 0.1) is 6.61 Å². The Bertz CT molecular complexity index is 378. The van der Waals surface area contributed by atoms with E-state index in [-0.39, 0.29) is 37.5 Å². The third kappa shape index (κ3) is 4.33. The number of aliphatic hydroxyl groups excluding tert-OH is 1. The van der Waals surface area contributed by atoms with E-state index in [0.29, 0.717) is 5.75 Å². The second-order valence-corrected chi connectivity index (χ2v) is 4.15. The summed E-state index contributed by atoms with van der Waals surface area (Å²) >= 11 is 0. The molecule has 0 heterocycles. The first kappa shape index (κ1) is 14.4. The van der Waals surface area contributed by atoms with E-state index in [2.05, 4.69) is 0 Å². The van der Waals surface area contributed by atoms with E-state index < -0.39 is 0 Å². The molecule has 1 N–H and O–H groups in total. The van der Waals surface area contributed by atoms with E-state index in [4.69, 9.17) is 9.84 Å². The summed E-state index contributed by atoms with van der Waals surface area (Å²) in [7, 11) is 0. The van der Waals surface area contributed by atoms with E-state index in [1.54, 1.807) is 0 Å². The van der Waals surface area contributed by atoms with Gasteiger partial charge in [-0.25, -0.2) is 4.39 Å². The largest absolute Gasteiger partial charge is 0.484 e. The molecule has 0 aliphatic carbocycles. The Morgan fingerprint density at radius 3 is 2.50 bits per heavy atom. The molecule has 0 fully saturated rings. The molecular formula is C13H18FNO3. The summed E-state index contributed by atoms with van der Waals surface area (Å²) in [5.41, 5.74) is 0. The normalized spacial score (nSPS) is 10.5.